The van der Waals surface area contributed by atoms with Gasteiger partial charge in [0.2, 0.25) is 5.91 Å². The lowest BCUT2D eigenvalue weighted by atomic mass is 9.78. The molecule has 0 bridgehead atoms. The van der Waals surface area contributed by atoms with Crippen molar-refractivity contribution in [2.45, 2.75) is 90.2 Å². The van der Waals surface area contributed by atoms with Gasteiger partial charge >= 0.3 is 0 Å². The molecule has 1 atom stereocenters. The first-order valence-corrected chi connectivity index (χ1v) is 15.2. The maximum Gasteiger partial charge on any atom is 0.230 e. The van der Waals surface area contributed by atoms with Gasteiger partial charge in [0.05, 0.1) is 13.3 Å². The first-order valence-electron chi connectivity index (χ1n) is 15.2. The molecule has 2 fully saturated rings. The van der Waals surface area contributed by atoms with Crippen molar-refractivity contribution < 1.29 is 14.6 Å². The summed E-state index contributed by atoms with van der Waals surface area (Å²) in [5.41, 5.74) is 5.56. The number of benzene rings is 2. The number of carbonyl (C=O) groups excluding carboxylic acids is 1. The second-order valence-corrected chi connectivity index (χ2v) is 11.9. The van der Waals surface area contributed by atoms with E-state index in [1.807, 2.05) is 19.2 Å². The molecule has 0 aliphatic heterocycles. The predicted octanol–water partition coefficient (Wildman–Crippen LogP) is 7.66. The molecule has 214 valence electrons. The van der Waals surface area contributed by atoms with Gasteiger partial charge in [-0.3, -0.25) is 4.79 Å². The number of hydrogen-bond donors (Lipinski definition) is 1. The molecule has 3 aromatic rings. The lowest BCUT2D eigenvalue weighted by Crippen LogP contribution is -2.41. The number of carbonyl (C=O) groups is 1. The van der Waals surface area contributed by atoms with Crippen LogP contribution in [-0.4, -0.2) is 34.4 Å². The minimum absolute atomic E-state index is 0.124. The number of hydrogen-bond acceptors (Lipinski definition) is 4. The van der Waals surface area contributed by atoms with Gasteiger partial charge in [0.25, 0.3) is 0 Å². The van der Waals surface area contributed by atoms with Crippen LogP contribution in [0.2, 0.25) is 0 Å². The van der Waals surface area contributed by atoms with E-state index in [9.17, 15) is 9.90 Å². The number of methoxy groups -OCH3 is 1. The highest BCUT2D eigenvalue weighted by atomic mass is 16.5. The summed E-state index contributed by atoms with van der Waals surface area (Å²) >= 11 is 0. The van der Waals surface area contributed by atoms with Gasteiger partial charge < -0.3 is 14.7 Å². The zero-order valence-electron chi connectivity index (χ0n) is 24.4. The molecule has 0 radical (unpaired) electrons. The molecule has 0 spiro atoms. The van der Waals surface area contributed by atoms with E-state index in [4.69, 9.17) is 4.74 Å². The number of aliphatic hydroxyl groups is 1. The number of nitrogens with zero attached hydrogens (tertiary/aromatic N) is 3. The van der Waals surface area contributed by atoms with Gasteiger partial charge in [-0.25, -0.2) is 4.68 Å². The Morgan fingerprint density at radius 2 is 1.82 bits per heavy atom. The summed E-state index contributed by atoms with van der Waals surface area (Å²) in [6.45, 7) is 4.83. The van der Waals surface area contributed by atoms with E-state index in [1.165, 1.54) is 17.5 Å². The average molecular weight is 544 g/mol. The van der Waals surface area contributed by atoms with E-state index in [-0.39, 0.29) is 5.92 Å². The van der Waals surface area contributed by atoms with Crippen LogP contribution in [0, 0.1) is 18.8 Å². The van der Waals surface area contributed by atoms with Crippen LogP contribution in [-0.2, 0) is 4.79 Å². The minimum Gasteiger partial charge on any atom is -0.496 e. The number of aryl methyl sites for hydroxylation is 1. The minimum atomic E-state index is -0.627. The third-order valence-electron chi connectivity index (χ3n) is 9.16. The van der Waals surface area contributed by atoms with Crippen molar-refractivity contribution in [3.63, 3.8) is 0 Å². The summed E-state index contributed by atoms with van der Waals surface area (Å²) in [7, 11) is 1.73. The summed E-state index contributed by atoms with van der Waals surface area (Å²) in [6.07, 6.45) is 13.8. The fourth-order valence-corrected chi connectivity index (χ4v) is 6.68. The molecule has 1 heterocycles. The molecule has 2 aromatic carbocycles. The second-order valence-electron chi connectivity index (χ2n) is 11.9. The summed E-state index contributed by atoms with van der Waals surface area (Å²) in [5, 5.41) is 14.6. The van der Waals surface area contributed by atoms with Crippen molar-refractivity contribution in [1.29, 1.82) is 0 Å². The molecular weight excluding hydrogens is 498 g/mol. The summed E-state index contributed by atoms with van der Waals surface area (Å²) < 4.78 is 7.07. The number of anilines is 1. The molecule has 1 aromatic heterocycles. The van der Waals surface area contributed by atoms with Gasteiger partial charge in [0, 0.05) is 29.9 Å². The van der Waals surface area contributed by atoms with E-state index in [0.29, 0.717) is 24.2 Å². The van der Waals surface area contributed by atoms with Crippen LogP contribution in [0.5, 0.6) is 5.75 Å². The summed E-state index contributed by atoms with van der Waals surface area (Å²) in [4.78, 5) is 16.1. The molecule has 40 heavy (non-hydrogen) atoms. The van der Waals surface area contributed by atoms with E-state index < -0.39 is 6.23 Å². The smallest absolute Gasteiger partial charge is 0.230 e. The lowest BCUT2D eigenvalue weighted by molar-refractivity contribution is -0.123. The molecule has 2 aliphatic carbocycles. The highest BCUT2D eigenvalue weighted by molar-refractivity contribution is 5.95. The molecule has 2 aliphatic rings. The van der Waals surface area contributed by atoms with Crippen molar-refractivity contribution in [1.82, 2.24) is 9.78 Å². The monoisotopic (exact) mass is 543 g/mol. The molecule has 6 heteroatoms. The Bertz CT molecular complexity index is 1270. The van der Waals surface area contributed by atoms with Gasteiger partial charge in [-0.1, -0.05) is 50.5 Å². The predicted molar refractivity (Wildman–Crippen MR) is 161 cm³/mol. The average Bonchev–Trinajstić information content (AvgIpc) is 3.50. The number of aromatic nitrogens is 2. The van der Waals surface area contributed by atoms with Gasteiger partial charge in [-0.15, -0.1) is 0 Å². The van der Waals surface area contributed by atoms with Crippen LogP contribution >= 0.6 is 0 Å². The van der Waals surface area contributed by atoms with Crippen LogP contribution in [0.3, 0.4) is 0 Å². The van der Waals surface area contributed by atoms with Crippen LogP contribution in [0.4, 0.5) is 5.69 Å². The van der Waals surface area contributed by atoms with Crippen molar-refractivity contribution in [3.8, 4) is 16.9 Å². The molecule has 1 amide bonds. The Morgan fingerprint density at radius 1 is 1.05 bits per heavy atom. The Morgan fingerprint density at radius 3 is 2.52 bits per heavy atom. The number of aliphatic hydroxyl groups excluding tert-OH is 1. The van der Waals surface area contributed by atoms with Crippen LogP contribution < -0.4 is 9.64 Å². The van der Waals surface area contributed by atoms with Gasteiger partial charge in [-0.05, 0) is 98.6 Å². The zero-order chi connectivity index (χ0) is 28.1. The van der Waals surface area contributed by atoms with Crippen LogP contribution in [0.1, 0.15) is 94.4 Å². The number of amides is 1. The number of rotatable bonds is 9. The highest BCUT2D eigenvalue weighted by Crippen LogP contribution is 2.39. The molecule has 0 saturated heterocycles. The Balaban J connectivity index is 1.33. The van der Waals surface area contributed by atoms with E-state index >= 15 is 0 Å². The maximum absolute atomic E-state index is 14.0. The quantitative estimate of drug-likeness (QED) is 0.301. The van der Waals surface area contributed by atoms with Crippen LogP contribution in [0.15, 0.2) is 54.9 Å². The van der Waals surface area contributed by atoms with E-state index in [0.717, 1.165) is 80.5 Å². The normalized spacial score (nSPS) is 20.7. The summed E-state index contributed by atoms with van der Waals surface area (Å²) in [5.74, 6) is 2.43. The van der Waals surface area contributed by atoms with Crippen molar-refractivity contribution in [2.75, 3.05) is 18.6 Å². The lowest BCUT2D eigenvalue weighted by Gasteiger charge is -2.35. The largest absolute Gasteiger partial charge is 0.496 e. The molecule has 2 saturated carbocycles. The zero-order valence-corrected chi connectivity index (χ0v) is 24.4. The topological polar surface area (TPSA) is 67.6 Å². The summed E-state index contributed by atoms with van der Waals surface area (Å²) in [6, 6.07) is 14.9. The van der Waals surface area contributed by atoms with Gasteiger partial charge in [0.1, 0.15) is 12.0 Å². The van der Waals surface area contributed by atoms with Crippen molar-refractivity contribution in [3.05, 3.63) is 66.0 Å². The van der Waals surface area contributed by atoms with Crippen molar-refractivity contribution >= 4 is 11.6 Å². The Kier molecular flexibility index (Phi) is 9.25. The Hall–Kier alpha value is -3.12. The Labute approximate surface area is 239 Å². The molecule has 5 rings (SSSR count). The third kappa shape index (κ3) is 6.43. The van der Waals surface area contributed by atoms with Gasteiger partial charge in [-0.2, -0.15) is 5.10 Å². The SMILES string of the molecule is CCC(O)n1cc(-c2cccc(N(CC3CCC(c4ccc(OC)c(C)c4)CC3)C(=O)C3CCCCC3)c2)cn1. The van der Waals surface area contributed by atoms with E-state index in [1.54, 1.807) is 18.0 Å². The van der Waals surface area contributed by atoms with Crippen LogP contribution in [0.25, 0.3) is 11.1 Å². The number of ether oxygens (including phenoxy) is 1. The third-order valence-corrected chi connectivity index (χ3v) is 9.16. The van der Waals surface area contributed by atoms with Crippen molar-refractivity contribution in [2.24, 2.45) is 11.8 Å². The molecule has 6 nitrogen and oxygen atoms in total. The molecular formula is C34H45N3O3. The molecule has 1 unspecified atom stereocenters. The van der Waals surface area contributed by atoms with E-state index in [2.05, 4.69) is 53.3 Å². The highest BCUT2D eigenvalue weighted by Gasteiger charge is 2.31. The standard InChI is InChI=1S/C34H45N3O3/c1-4-33(38)37-23-30(21-35-37)28-11-8-12-31(20-28)36(34(39)27-9-6-5-7-10-27)22-25-13-15-26(16-14-25)29-17-18-32(40-3)24(2)19-29/h8,11-12,17-21,23,25-27,33,38H,4-7,9-10,13-16,22H2,1-3H3. The fourth-order valence-electron chi connectivity index (χ4n) is 6.68. The second kappa shape index (κ2) is 13.0. The maximum atomic E-state index is 14.0. The molecule has 1 N–H and O–H groups in total. The first kappa shape index (κ1) is 28.4. The van der Waals surface area contributed by atoms with Gasteiger partial charge in [0.15, 0.2) is 0 Å². The fraction of sp³-hybridized carbons (Fsp3) is 0.529. The first-order chi connectivity index (χ1) is 19.5.